The molecule has 4 heteroatoms. The number of carbonyl (C=O) groups excluding carboxylic acids is 1. The van der Waals surface area contributed by atoms with E-state index in [1.165, 1.54) is 18.4 Å². The van der Waals surface area contributed by atoms with E-state index in [2.05, 4.69) is 31.4 Å². The minimum absolute atomic E-state index is 0.0208. The zero-order chi connectivity index (χ0) is 15.5. The van der Waals surface area contributed by atoms with Gasteiger partial charge in [0.1, 0.15) is 5.75 Å². The summed E-state index contributed by atoms with van der Waals surface area (Å²) in [5.74, 6) is 0.721. The van der Waals surface area contributed by atoms with Gasteiger partial charge in [0.15, 0.2) is 0 Å². The van der Waals surface area contributed by atoms with Gasteiger partial charge in [0.05, 0.1) is 12.8 Å². The Hall–Kier alpha value is -1.55. The molecule has 1 aromatic rings. The number of nitrogens with one attached hydrogen (secondary N) is 2. The maximum Gasteiger partial charge on any atom is 0.225 e. The second-order valence-electron chi connectivity index (χ2n) is 6.69. The Morgan fingerprint density at radius 2 is 2.05 bits per heavy atom. The third-order valence-corrected chi connectivity index (χ3v) is 3.70. The van der Waals surface area contributed by atoms with Crippen LogP contribution in [0, 0.1) is 0 Å². The molecule has 1 aliphatic rings. The van der Waals surface area contributed by atoms with Crippen molar-refractivity contribution >= 4 is 11.6 Å². The van der Waals surface area contributed by atoms with E-state index in [1.54, 1.807) is 7.11 Å². The lowest BCUT2D eigenvalue weighted by atomic mass is 9.87. The van der Waals surface area contributed by atoms with Crippen LogP contribution in [0.2, 0.25) is 0 Å². The predicted molar refractivity (Wildman–Crippen MR) is 86.0 cm³/mol. The molecule has 2 N–H and O–H groups in total. The maximum absolute atomic E-state index is 12.0. The highest BCUT2D eigenvalue weighted by molar-refractivity contribution is 5.92. The molecule has 116 valence electrons. The summed E-state index contributed by atoms with van der Waals surface area (Å²) < 4.78 is 5.34. The third kappa shape index (κ3) is 4.74. The Labute approximate surface area is 127 Å². The van der Waals surface area contributed by atoms with E-state index < -0.39 is 0 Å². The molecule has 4 nitrogen and oxygen atoms in total. The minimum Gasteiger partial charge on any atom is -0.495 e. The van der Waals surface area contributed by atoms with Crippen molar-refractivity contribution in [3.05, 3.63) is 23.8 Å². The van der Waals surface area contributed by atoms with Crippen molar-refractivity contribution in [2.75, 3.05) is 19.0 Å². The standard InChI is InChI=1S/C17H26N2O2/c1-17(2,3)12-5-8-15(21-4)14(11-12)19-16(20)9-10-18-13-6-7-13/h5,8,11,13,18H,6-7,9-10H2,1-4H3,(H,19,20). The van der Waals surface area contributed by atoms with Crippen LogP contribution >= 0.6 is 0 Å². The summed E-state index contributed by atoms with van der Waals surface area (Å²) in [5.41, 5.74) is 1.97. The molecule has 0 radical (unpaired) electrons. The lowest BCUT2D eigenvalue weighted by Crippen LogP contribution is -2.23. The Bertz CT molecular complexity index is 502. The molecule has 0 aromatic heterocycles. The van der Waals surface area contributed by atoms with E-state index >= 15 is 0 Å². The highest BCUT2D eigenvalue weighted by Gasteiger charge is 2.20. The van der Waals surface area contributed by atoms with Crippen LogP contribution in [0.1, 0.15) is 45.6 Å². The van der Waals surface area contributed by atoms with Gasteiger partial charge in [-0.05, 0) is 36.0 Å². The first kappa shape index (κ1) is 15.8. The molecule has 0 saturated heterocycles. The van der Waals surface area contributed by atoms with Gasteiger partial charge >= 0.3 is 0 Å². The van der Waals surface area contributed by atoms with Crippen LogP contribution in [-0.4, -0.2) is 25.6 Å². The Kier molecular flexibility index (Phi) is 4.88. The summed E-state index contributed by atoms with van der Waals surface area (Å²) in [6, 6.07) is 6.60. The molecule has 0 spiro atoms. The molecule has 2 rings (SSSR count). The van der Waals surface area contributed by atoms with Crippen LogP contribution in [0.3, 0.4) is 0 Å². The second kappa shape index (κ2) is 6.48. The molecule has 1 fully saturated rings. The number of hydrogen-bond acceptors (Lipinski definition) is 3. The van der Waals surface area contributed by atoms with Crippen molar-refractivity contribution in [3.8, 4) is 5.75 Å². The van der Waals surface area contributed by atoms with Crippen LogP contribution in [-0.2, 0) is 10.2 Å². The number of amides is 1. The second-order valence-corrected chi connectivity index (χ2v) is 6.69. The average molecular weight is 290 g/mol. The number of ether oxygens (including phenoxy) is 1. The maximum atomic E-state index is 12.0. The summed E-state index contributed by atoms with van der Waals surface area (Å²) >= 11 is 0. The van der Waals surface area contributed by atoms with Crippen molar-refractivity contribution in [3.63, 3.8) is 0 Å². The van der Waals surface area contributed by atoms with Gasteiger partial charge in [0.2, 0.25) is 5.91 Å². The van der Waals surface area contributed by atoms with Gasteiger partial charge in [0.25, 0.3) is 0 Å². The van der Waals surface area contributed by atoms with Gasteiger partial charge in [0, 0.05) is 19.0 Å². The SMILES string of the molecule is COc1ccc(C(C)(C)C)cc1NC(=O)CCNC1CC1. The van der Waals surface area contributed by atoms with Gasteiger partial charge in [-0.25, -0.2) is 0 Å². The lowest BCUT2D eigenvalue weighted by Gasteiger charge is -2.21. The molecule has 1 aromatic carbocycles. The minimum atomic E-state index is 0.0208. The Morgan fingerprint density at radius 3 is 2.62 bits per heavy atom. The smallest absolute Gasteiger partial charge is 0.225 e. The molecule has 0 unspecified atom stereocenters. The average Bonchev–Trinajstić information content (AvgIpc) is 3.21. The summed E-state index contributed by atoms with van der Waals surface area (Å²) in [6.07, 6.45) is 2.96. The normalized spacial score (nSPS) is 14.9. The van der Waals surface area contributed by atoms with Crippen molar-refractivity contribution in [1.82, 2.24) is 5.32 Å². The molecule has 0 bridgehead atoms. The first-order valence-electron chi connectivity index (χ1n) is 7.62. The van der Waals surface area contributed by atoms with Crippen molar-refractivity contribution < 1.29 is 9.53 Å². The highest BCUT2D eigenvalue weighted by atomic mass is 16.5. The largest absolute Gasteiger partial charge is 0.495 e. The first-order chi connectivity index (χ1) is 9.90. The van der Waals surface area contributed by atoms with Gasteiger partial charge < -0.3 is 15.4 Å². The fraction of sp³-hybridized carbons (Fsp3) is 0.588. The number of hydrogen-bond donors (Lipinski definition) is 2. The zero-order valence-corrected chi connectivity index (χ0v) is 13.5. The van der Waals surface area contributed by atoms with E-state index in [0.29, 0.717) is 18.2 Å². The summed E-state index contributed by atoms with van der Waals surface area (Å²) in [7, 11) is 1.62. The monoisotopic (exact) mass is 290 g/mol. The number of rotatable bonds is 6. The van der Waals surface area contributed by atoms with Crippen LogP contribution in [0.5, 0.6) is 5.75 Å². The van der Waals surface area contributed by atoms with Crippen molar-refractivity contribution in [2.24, 2.45) is 0 Å². The van der Waals surface area contributed by atoms with Gasteiger partial charge in [-0.2, -0.15) is 0 Å². The summed E-state index contributed by atoms with van der Waals surface area (Å²) in [4.78, 5) is 12.0. The number of anilines is 1. The first-order valence-corrected chi connectivity index (χ1v) is 7.62. The Balaban J connectivity index is 2.00. The molecular weight excluding hydrogens is 264 g/mol. The van der Waals surface area contributed by atoms with Crippen LogP contribution in [0.25, 0.3) is 0 Å². The number of carbonyl (C=O) groups is 1. The van der Waals surface area contributed by atoms with Crippen LogP contribution in [0.4, 0.5) is 5.69 Å². The van der Waals surface area contributed by atoms with Crippen molar-refractivity contribution in [2.45, 2.75) is 51.5 Å². The van der Waals surface area contributed by atoms with Crippen molar-refractivity contribution in [1.29, 1.82) is 0 Å². The quantitative estimate of drug-likeness (QED) is 0.846. The molecule has 0 heterocycles. The fourth-order valence-corrected chi connectivity index (χ4v) is 2.16. The molecular formula is C17H26N2O2. The number of methoxy groups -OCH3 is 1. The van der Waals surface area contributed by atoms with E-state index in [4.69, 9.17) is 4.74 Å². The van der Waals surface area contributed by atoms with E-state index in [1.807, 2.05) is 18.2 Å². The van der Waals surface area contributed by atoms with E-state index in [9.17, 15) is 4.79 Å². The van der Waals surface area contributed by atoms with E-state index in [0.717, 1.165) is 12.2 Å². The van der Waals surface area contributed by atoms with Crippen LogP contribution < -0.4 is 15.4 Å². The van der Waals surface area contributed by atoms with Gasteiger partial charge in [-0.15, -0.1) is 0 Å². The van der Waals surface area contributed by atoms with Crippen LogP contribution in [0.15, 0.2) is 18.2 Å². The summed E-state index contributed by atoms with van der Waals surface area (Å²) in [6.45, 7) is 7.19. The van der Waals surface area contributed by atoms with Gasteiger partial charge in [-0.3, -0.25) is 4.79 Å². The summed E-state index contributed by atoms with van der Waals surface area (Å²) in [5, 5.41) is 6.31. The molecule has 1 amide bonds. The topological polar surface area (TPSA) is 50.4 Å². The number of benzene rings is 1. The molecule has 0 aliphatic heterocycles. The molecule has 1 saturated carbocycles. The third-order valence-electron chi connectivity index (χ3n) is 3.70. The molecule has 1 aliphatic carbocycles. The Morgan fingerprint density at radius 1 is 1.33 bits per heavy atom. The highest BCUT2D eigenvalue weighted by Crippen LogP contribution is 2.31. The predicted octanol–water partition coefficient (Wildman–Crippen LogP) is 3.07. The van der Waals surface area contributed by atoms with E-state index in [-0.39, 0.29) is 11.3 Å². The zero-order valence-electron chi connectivity index (χ0n) is 13.5. The lowest BCUT2D eigenvalue weighted by molar-refractivity contribution is -0.116. The molecule has 21 heavy (non-hydrogen) atoms. The molecule has 0 atom stereocenters. The fourth-order valence-electron chi connectivity index (χ4n) is 2.16. The van der Waals surface area contributed by atoms with Gasteiger partial charge in [-0.1, -0.05) is 26.8 Å².